The minimum Gasteiger partial charge on any atom is -0.124 e. The molecule has 48 heavy (non-hydrogen) atoms. The summed E-state index contributed by atoms with van der Waals surface area (Å²) in [6.45, 7) is 36.5. The summed E-state index contributed by atoms with van der Waals surface area (Å²) in [5, 5.41) is 0. The largest absolute Gasteiger partial charge is 0.146 e. The van der Waals surface area contributed by atoms with Gasteiger partial charge in [-0.2, -0.15) is 0 Å². The van der Waals surface area contributed by atoms with Crippen molar-refractivity contribution in [3.63, 3.8) is 0 Å². The number of hydrogen-bond donors (Lipinski definition) is 0. The zero-order valence-corrected chi connectivity index (χ0v) is 34.7. The van der Waals surface area contributed by atoms with Crippen LogP contribution in [-0.2, 0) is 0 Å². The van der Waals surface area contributed by atoms with Crippen molar-refractivity contribution in [3.05, 3.63) is 44.6 Å². The second-order valence-electron chi connectivity index (χ2n) is 14.4. The molecule has 0 unspecified atom stereocenters. The Morgan fingerprint density at radius 1 is 0.333 bits per heavy atom. The third kappa shape index (κ3) is 16.3. The molecule has 0 aromatic rings. The van der Waals surface area contributed by atoms with Gasteiger partial charge in [-0.05, 0) is 161 Å². The van der Waals surface area contributed by atoms with Crippen LogP contribution in [0.1, 0.15) is 96.9 Å². The highest BCUT2D eigenvalue weighted by molar-refractivity contribution is 6.90. The van der Waals surface area contributed by atoms with Crippen molar-refractivity contribution in [2.45, 2.75) is 133 Å². The molecule has 2 heteroatoms. The summed E-state index contributed by atoms with van der Waals surface area (Å²) in [5.74, 6) is 48.7. The third-order valence-electron chi connectivity index (χ3n) is 7.27. The molecular formula is C46H54Si2. The first kappa shape index (κ1) is 43.4. The van der Waals surface area contributed by atoms with Crippen molar-refractivity contribution in [3.8, 4) is 106 Å². The Kier molecular flexibility index (Phi) is 19.3. The van der Waals surface area contributed by atoms with Gasteiger partial charge < -0.3 is 0 Å². The lowest BCUT2D eigenvalue weighted by molar-refractivity contribution is 0.838. The Labute approximate surface area is 298 Å². The SMILES string of the molecule is CC(C)=C(C#CC#CC(C#CC#CC(C#C[Si](C(C)C)(C(C)C)C(C)C)=C(C)C)=C(C)C)C#CC#CC(C#CC#C[Si](C)(C)C)=C(C)C. The Bertz CT molecular complexity index is 1900. The molecule has 0 aromatic carbocycles. The van der Waals surface area contributed by atoms with E-state index < -0.39 is 16.1 Å². The maximum Gasteiger partial charge on any atom is 0.146 e. The monoisotopic (exact) mass is 662 g/mol. The Hall–Kier alpha value is -4.57. The van der Waals surface area contributed by atoms with Crippen molar-refractivity contribution in [2.24, 2.45) is 0 Å². The molecule has 0 amide bonds. The second-order valence-corrected chi connectivity index (χ2v) is 24.7. The van der Waals surface area contributed by atoms with E-state index in [1.54, 1.807) is 0 Å². The molecule has 0 rings (SSSR count). The first-order chi connectivity index (χ1) is 22.3. The molecule has 0 fully saturated rings. The van der Waals surface area contributed by atoms with Crippen LogP contribution < -0.4 is 0 Å². The first-order valence-electron chi connectivity index (χ1n) is 16.6. The fourth-order valence-corrected chi connectivity index (χ4v) is 10.2. The smallest absolute Gasteiger partial charge is 0.124 e. The minimum absolute atomic E-state index is 0.568. The van der Waals surface area contributed by atoms with E-state index in [1.807, 2.05) is 41.5 Å². The van der Waals surface area contributed by atoms with Crippen LogP contribution in [0.2, 0.25) is 36.3 Å². The fourth-order valence-electron chi connectivity index (χ4n) is 4.60. The summed E-state index contributed by atoms with van der Waals surface area (Å²) >= 11 is 0. The third-order valence-corrected chi connectivity index (χ3v) is 14.4. The van der Waals surface area contributed by atoms with Crippen LogP contribution in [0.3, 0.4) is 0 Å². The molecular weight excluding hydrogens is 609 g/mol. The van der Waals surface area contributed by atoms with Gasteiger partial charge in [0.15, 0.2) is 0 Å². The second kappa shape index (κ2) is 21.3. The summed E-state index contributed by atoms with van der Waals surface area (Å²) < 4.78 is 0. The standard InChI is InChI=1S/C46H54Si2/c1-36(2)43(28-20-21-30-45(38(5)6)32-24-25-34-47(15,16)17)26-18-19-27-44(37(3)4)29-22-23-31-46(39(7)8)33-35-48(40(9)10,41(11)12)42(13)14/h40-42H,1-17H3. The Balaban J connectivity index is 6.21. The molecule has 246 valence electrons. The van der Waals surface area contributed by atoms with E-state index in [9.17, 15) is 0 Å². The molecule has 0 saturated heterocycles. The van der Waals surface area contributed by atoms with Gasteiger partial charge in [0.2, 0.25) is 0 Å². The average Bonchev–Trinajstić information content (AvgIpc) is 2.95. The van der Waals surface area contributed by atoms with Gasteiger partial charge in [0, 0.05) is 0 Å². The van der Waals surface area contributed by atoms with E-state index in [4.69, 9.17) is 0 Å². The van der Waals surface area contributed by atoms with E-state index in [0.717, 1.165) is 33.4 Å². The predicted molar refractivity (Wildman–Crippen MR) is 218 cm³/mol. The van der Waals surface area contributed by atoms with E-state index in [1.165, 1.54) is 0 Å². The maximum atomic E-state index is 3.77. The van der Waals surface area contributed by atoms with Gasteiger partial charge >= 0.3 is 0 Å². The van der Waals surface area contributed by atoms with Gasteiger partial charge in [-0.1, -0.05) is 89.4 Å². The van der Waals surface area contributed by atoms with Crippen molar-refractivity contribution in [2.75, 3.05) is 0 Å². The molecule has 0 N–H and O–H groups in total. The van der Waals surface area contributed by atoms with Gasteiger partial charge in [-0.15, -0.1) is 11.1 Å². The van der Waals surface area contributed by atoms with Crippen LogP contribution in [0, 0.1) is 106 Å². The van der Waals surface area contributed by atoms with Crippen LogP contribution in [0.4, 0.5) is 0 Å². The topological polar surface area (TPSA) is 0 Å². The highest BCUT2D eigenvalue weighted by atomic mass is 28.3. The van der Waals surface area contributed by atoms with Crippen LogP contribution >= 0.6 is 0 Å². The average molecular weight is 663 g/mol. The molecule has 0 spiro atoms. The summed E-state index contributed by atoms with van der Waals surface area (Å²) in [7, 11) is -3.30. The summed E-state index contributed by atoms with van der Waals surface area (Å²) in [5.41, 5.74) is 15.8. The lowest BCUT2D eigenvalue weighted by atomic mass is 10.1. The van der Waals surface area contributed by atoms with Crippen molar-refractivity contribution < 1.29 is 0 Å². The first-order valence-corrected chi connectivity index (χ1v) is 22.3. The molecule has 0 aliphatic heterocycles. The summed E-state index contributed by atoms with van der Waals surface area (Å²) in [6, 6.07) is 0. The molecule has 0 aromatic heterocycles. The fraction of sp³-hybridized carbons (Fsp3) is 0.435. The molecule has 0 nitrogen and oxygen atoms in total. The quantitative estimate of drug-likeness (QED) is 0.208. The van der Waals surface area contributed by atoms with Crippen molar-refractivity contribution in [1.29, 1.82) is 0 Å². The van der Waals surface area contributed by atoms with Crippen LogP contribution in [0.5, 0.6) is 0 Å². The van der Waals surface area contributed by atoms with E-state index >= 15 is 0 Å². The van der Waals surface area contributed by atoms with Crippen molar-refractivity contribution >= 4 is 16.1 Å². The lowest BCUT2D eigenvalue weighted by Crippen LogP contribution is -2.43. The number of allylic oxidation sites excluding steroid dienone is 8. The lowest BCUT2D eigenvalue weighted by Gasteiger charge is -2.38. The molecule has 0 aliphatic carbocycles. The highest BCUT2D eigenvalue weighted by Crippen LogP contribution is 2.40. The molecule has 0 aliphatic rings. The maximum absolute atomic E-state index is 3.77. The number of rotatable bonds is 3. The van der Waals surface area contributed by atoms with Gasteiger partial charge in [0.25, 0.3) is 0 Å². The zero-order valence-electron chi connectivity index (χ0n) is 32.7. The minimum atomic E-state index is -1.85. The zero-order chi connectivity index (χ0) is 37.1. The highest BCUT2D eigenvalue weighted by Gasteiger charge is 2.41. The molecule has 0 atom stereocenters. The van der Waals surface area contributed by atoms with E-state index in [0.29, 0.717) is 27.8 Å². The molecule has 0 saturated carbocycles. The molecule has 0 radical (unpaired) electrons. The van der Waals surface area contributed by atoms with Crippen LogP contribution in [-0.4, -0.2) is 16.1 Å². The van der Waals surface area contributed by atoms with Gasteiger partial charge in [0.1, 0.15) is 16.1 Å². The van der Waals surface area contributed by atoms with E-state index in [2.05, 4.69) is 181 Å². The Morgan fingerprint density at radius 3 is 0.771 bits per heavy atom. The van der Waals surface area contributed by atoms with Gasteiger partial charge in [-0.25, -0.2) is 0 Å². The van der Waals surface area contributed by atoms with E-state index in [-0.39, 0.29) is 0 Å². The summed E-state index contributed by atoms with van der Waals surface area (Å²) in [6.07, 6.45) is 0. The van der Waals surface area contributed by atoms with Crippen LogP contribution in [0.25, 0.3) is 0 Å². The predicted octanol–water partition coefficient (Wildman–Crippen LogP) is 10.5. The van der Waals surface area contributed by atoms with Gasteiger partial charge in [0.05, 0.1) is 22.3 Å². The van der Waals surface area contributed by atoms with Crippen molar-refractivity contribution in [1.82, 2.24) is 0 Å². The summed E-state index contributed by atoms with van der Waals surface area (Å²) in [4.78, 5) is 0. The Morgan fingerprint density at radius 2 is 0.562 bits per heavy atom. The van der Waals surface area contributed by atoms with Gasteiger partial charge in [-0.3, -0.25) is 0 Å². The number of hydrogen-bond acceptors (Lipinski definition) is 0. The normalized spacial score (nSPS) is 9.25. The molecule has 0 heterocycles. The molecule has 0 bridgehead atoms. The van der Waals surface area contributed by atoms with Crippen LogP contribution in [0.15, 0.2) is 44.6 Å².